The minimum absolute atomic E-state index is 0.202. The molecule has 2 rings (SSSR count). The number of hydrogen-bond donors (Lipinski definition) is 1. The lowest BCUT2D eigenvalue weighted by atomic mass is 10.0. The van der Waals surface area contributed by atoms with Crippen LogP contribution in [-0.4, -0.2) is 19.1 Å². The lowest BCUT2D eigenvalue weighted by molar-refractivity contribution is 0.493. The van der Waals surface area contributed by atoms with Gasteiger partial charge in [0.05, 0.1) is 11.3 Å². The van der Waals surface area contributed by atoms with Crippen LogP contribution in [-0.2, 0) is 0 Å². The second-order valence-corrected chi connectivity index (χ2v) is 4.07. The van der Waals surface area contributed by atoms with Crippen LogP contribution >= 0.6 is 0 Å². The molecule has 1 fully saturated rings. The lowest BCUT2D eigenvalue weighted by Crippen LogP contribution is -2.40. The molecule has 1 saturated heterocycles. The van der Waals surface area contributed by atoms with E-state index in [1.54, 1.807) is 12.1 Å². The number of nitrogens with zero attached hydrogens (tertiary/aromatic N) is 2. The molecular weight excluding hydrogens is 205 g/mol. The Balaban J connectivity index is 2.30. The highest BCUT2D eigenvalue weighted by Gasteiger charge is 2.21. The summed E-state index contributed by atoms with van der Waals surface area (Å²) in [4.78, 5) is 1.91. The smallest absolute Gasteiger partial charge is 0.147 e. The minimum atomic E-state index is -0.325. The second kappa shape index (κ2) is 4.50. The van der Waals surface area contributed by atoms with Crippen LogP contribution in [0.4, 0.5) is 10.1 Å². The van der Waals surface area contributed by atoms with E-state index in [0.717, 1.165) is 25.9 Å². The first-order valence-corrected chi connectivity index (χ1v) is 5.41. The van der Waals surface area contributed by atoms with Crippen molar-refractivity contribution in [1.82, 2.24) is 0 Å². The Kier molecular flexibility index (Phi) is 3.07. The average Bonchev–Trinajstić information content (AvgIpc) is 2.30. The summed E-state index contributed by atoms with van der Waals surface area (Å²) in [5, 5.41) is 8.96. The largest absolute Gasteiger partial charge is 0.368 e. The first-order chi connectivity index (χ1) is 7.72. The van der Waals surface area contributed by atoms with E-state index < -0.39 is 0 Å². The molecule has 16 heavy (non-hydrogen) atoms. The first kappa shape index (κ1) is 10.9. The molecule has 1 aromatic carbocycles. The number of para-hydroxylation sites is 1. The van der Waals surface area contributed by atoms with Gasteiger partial charge < -0.3 is 10.6 Å². The quantitative estimate of drug-likeness (QED) is 0.781. The van der Waals surface area contributed by atoms with E-state index in [9.17, 15) is 4.39 Å². The number of rotatable bonds is 1. The Labute approximate surface area is 94.3 Å². The molecule has 2 N–H and O–H groups in total. The van der Waals surface area contributed by atoms with E-state index in [0.29, 0.717) is 11.3 Å². The SMILES string of the molecule is N#Cc1cccc(F)c1N1CCC(N)CC1. The molecule has 1 heterocycles. The predicted octanol–water partition coefficient (Wildman–Crippen LogP) is 1.62. The highest BCUT2D eigenvalue weighted by Crippen LogP contribution is 2.26. The molecule has 0 bridgehead atoms. The van der Waals surface area contributed by atoms with Gasteiger partial charge in [-0.15, -0.1) is 0 Å². The topological polar surface area (TPSA) is 53.0 Å². The van der Waals surface area contributed by atoms with Crippen molar-refractivity contribution >= 4 is 5.69 Å². The van der Waals surface area contributed by atoms with Crippen LogP contribution in [0.5, 0.6) is 0 Å². The molecule has 4 heteroatoms. The molecule has 0 aliphatic carbocycles. The zero-order valence-corrected chi connectivity index (χ0v) is 8.99. The Bertz CT molecular complexity index is 417. The van der Waals surface area contributed by atoms with Crippen LogP contribution in [0, 0.1) is 17.1 Å². The Morgan fingerprint density at radius 1 is 1.38 bits per heavy atom. The maximum Gasteiger partial charge on any atom is 0.147 e. The van der Waals surface area contributed by atoms with Crippen molar-refractivity contribution in [3.8, 4) is 6.07 Å². The number of benzene rings is 1. The summed E-state index contributed by atoms with van der Waals surface area (Å²) >= 11 is 0. The molecule has 0 radical (unpaired) electrons. The van der Waals surface area contributed by atoms with Crippen molar-refractivity contribution in [2.45, 2.75) is 18.9 Å². The highest BCUT2D eigenvalue weighted by molar-refractivity contribution is 5.60. The third kappa shape index (κ3) is 2.00. The monoisotopic (exact) mass is 219 g/mol. The molecule has 1 aromatic rings. The summed E-state index contributed by atoms with van der Waals surface area (Å²) in [6.45, 7) is 1.44. The normalized spacial score (nSPS) is 17.2. The molecule has 84 valence electrons. The van der Waals surface area contributed by atoms with Crippen molar-refractivity contribution in [2.75, 3.05) is 18.0 Å². The van der Waals surface area contributed by atoms with Gasteiger partial charge in [-0.1, -0.05) is 6.07 Å². The van der Waals surface area contributed by atoms with Gasteiger partial charge in [0.2, 0.25) is 0 Å². The molecule has 0 unspecified atom stereocenters. The maximum absolute atomic E-state index is 13.7. The molecule has 1 aliphatic heterocycles. The lowest BCUT2D eigenvalue weighted by Gasteiger charge is -2.32. The van der Waals surface area contributed by atoms with Crippen LogP contribution in [0.25, 0.3) is 0 Å². The summed E-state index contributed by atoms with van der Waals surface area (Å²) < 4.78 is 13.7. The zero-order chi connectivity index (χ0) is 11.5. The van der Waals surface area contributed by atoms with Gasteiger partial charge in [0.25, 0.3) is 0 Å². The summed E-state index contributed by atoms with van der Waals surface area (Å²) in [5.41, 5.74) is 6.62. The van der Waals surface area contributed by atoms with E-state index in [1.807, 2.05) is 11.0 Å². The third-order valence-electron chi connectivity index (χ3n) is 2.96. The summed E-state index contributed by atoms with van der Waals surface area (Å²) in [5.74, 6) is -0.325. The van der Waals surface area contributed by atoms with Crippen LogP contribution in [0.1, 0.15) is 18.4 Å². The molecule has 0 spiro atoms. The van der Waals surface area contributed by atoms with E-state index in [1.165, 1.54) is 6.07 Å². The van der Waals surface area contributed by atoms with Gasteiger partial charge in [0, 0.05) is 19.1 Å². The van der Waals surface area contributed by atoms with Gasteiger partial charge >= 0.3 is 0 Å². The zero-order valence-electron chi connectivity index (χ0n) is 8.99. The molecule has 1 aliphatic rings. The third-order valence-corrected chi connectivity index (χ3v) is 2.96. The number of piperidine rings is 1. The number of anilines is 1. The molecule has 0 aromatic heterocycles. The van der Waals surface area contributed by atoms with Gasteiger partial charge in [0.15, 0.2) is 0 Å². The molecule has 3 nitrogen and oxygen atoms in total. The molecular formula is C12H14FN3. The Morgan fingerprint density at radius 3 is 2.69 bits per heavy atom. The van der Waals surface area contributed by atoms with Gasteiger partial charge in [-0.3, -0.25) is 0 Å². The Hall–Kier alpha value is -1.60. The van der Waals surface area contributed by atoms with Crippen LogP contribution in [0.15, 0.2) is 18.2 Å². The second-order valence-electron chi connectivity index (χ2n) is 4.07. The molecule has 0 saturated carbocycles. The fraction of sp³-hybridized carbons (Fsp3) is 0.417. The van der Waals surface area contributed by atoms with Crippen molar-refractivity contribution in [3.05, 3.63) is 29.6 Å². The van der Waals surface area contributed by atoms with E-state index in [-0.39, 0.29) is 11.9 Å². The van der Waals surface area contributed by atoms with Crippen LogP contribution in [0.2, 0.25) is 0 Å². The summed E-state index contributed by atoms with van der Waals surface area (Å²) in [7, 11) is 0. The van der Waals surface area contributed by atoms with Gasteiger partial charge in [0.1, 0.15) is 11.9 Å². The first-order valence-electron chi connectivity index (χ1n) is 5.41. The average molecular weight is 219 g/mol. The Morgan fingerprint density at radius 2 is 2.06 bits per heavy atom. The minimum Gasteiger partial charge on any atom is -0.368 e. The fourth-order valence-corrected chi connectivity index (χ4v) is 2.05. The van der Waals surface area contributed by atoms with Gasteiger partial charge in [-0.05, 0) is 25.0 Å². The highest BCUT2D eigenvalue weighted by atomic mass is 19.1. The molecule has 0 amide bonds. The number of halogens is 1. The number of nitriles is 1. The number of hydrogen-bond acceptors (Lipinski definition) is 3. The van der Waals surface area contributed by atoms with Crippen LogP contribution < -0.4 is 10.6 Å². The van der Waals surface area contributed by atoms with Crippen molar-refractivity contribution in [1.29, 1.82) is 5.26 Å². The van der Waals surface area contributed by atoms with E-state index in [4.69, 9.17) is 11.0 Å². The van der Waals surface area contributed by atoms with Gasteiger partial charge in [-0.2, -0.15) is 5.26 Å². The van der Waals surface area contributed by atoms with Crippen molar-refractivity contribution in [3.63, 3.8) is 0 Å². The summed E-state index contributed by atoms with van der Waals surface area (Å²) in [6, 6.07) is 6.84. The summed E-state index contributed by atoms with van der Waals surface area (Å²) in [6.07, 6.45) is 1.69. The standard InChI is InChI=1S/C12H14FN3/c13-11-3-1-2-9(8-14)12(11)16-6-4-10(15)5-7-16/h1-3,10H,4-7,15H2. The van der Waals surface area contributed by atoms with Crippen molar-refractivity contribution < 1.29 is 4.39 Å². The van der Waals surface area contributed by atoms with E-state index in [2.05, 4.69) is 0 Å². The van der Waals surface area contributed by atoms with Crippen LogP contribution in [0.3, 0.4) is 0 Å². The van der Waals surface area contributed by atoms with Crippen molar-refractivity contribution in [2.24, 2.45) is 5.73 Å². The van der Waals surface area contributed by atoms with Gasteiger partial charge in [-0.25, -0.2) is 4.39 Å². The molecule has 0 atom stereocenters. The maximum atomic E-state index is 13.7. The predicted molar refractivity (Wildman–Crippen MR) is 60.5 cm³/mol. The number of nitrogens with two attached hydrogens (primary N) is 1. The van der Waals surface area contributed by atoms with E-state index >= 15 is 0 Å². The fourth-order valence-electron chi connectivity index (χ4n) is 2.05.